The first-order chi connectivity index (χ1) is 13.1. The third-order valence-corrected chi connectivity index (χ3v) is 5.68. The van der Waals surface area contributed by atoms with Gasteiger partial charge in [0.05, 0.1) is 23.7 Å². The molecule has 0 saturated heterocycles. The number of amides is 1. The number of hydrogen-bond donors (Lipinski definition) is 1. The summed E-state index contributed by atoms with van der Waals surface area (Å²) >= 11 is 3.41. The van der Waals surface area contributed by atoms with Crippen molar-refractivity contribution >= 4 is 32.6 Å². The molecule has 1 N–H and O–H groups in total. The number of nitrogens with one attached hydrogen (secondary N) is 1. The van der Waals surface area contributed by atoms with Crippen molar-refractivity contribution in [2.45, 2.75) is 17.2 Å². The lowest BCUT2D eigenvalue weighted by Gasteiger charge is -2.09. The molecule has 27 heavy (non-hydrogen) atoms. The van der Waals surface area contributed by atoms with E-state index < -0.39 is 10.8 Å². The van der Waals surface area contributed by atoms with Crippen LogP contribution in [0.25, 0.3) is 0 Å². The maximum Gasteiger partial charge on any atom is 0.287 e. The third kappa shape index (κ3) is 5.08. The Morgan fingerprint density at radius 1 is 1.15 bits per heavy atom. The molecule has 0 aliphatic rings. The molecule has 7 heteroatoms. The maximum atomic E-state index is 12.3. The second kappa shape index (κ2) is 9.01. The largest absolute Gasteiger partial charge is 0.496 e. The van der Waals surface area contributed by atoms with Crippen molar-refractivity contribution in [3.05, 3.63) is 82.2 Å². The summed E-state index contributed by atoms with van der Waals surface area (Å²) in [5, 5.41) is 2.81. The number of carbonyl (C=O) groups excluding carboxylic acids is 1. The molecule has 5 nitrogen and oxygen atoms in total. The second-order valence-electron chi connectivity index (χ2n) is 5.71. The van der Waals surface area contributed by atoms with Crippen LogP contribution in [-0.4, -0.2) is 17.2 Å². The summed E-state index contributed by atoms with van der Waals surface area (Å²) in [6.45, 7) is 0.299. The van der Waals surface area contributed by atoms with Crippen LogP contribution in [0.15, 0.2) is 74.4 Å². The zero-order valence-corrected chi connectivity index (χ0v) is 17.0. The Bertz CT molecular complexity index is 956. The monoisotopic (exact) mass is 447 g/mol. The molecule has 0 bridgehead atoms. The lowest BCUT2D eigenvalue weighted by atomic mass is 10.2. The standard InChI is InChI=1S/C20H18BrNO4S/c1-25-18-9-7-15(21)11-14(18)12-22-20(23)19-10-8-16(26-19)13-27(24)17-5-3-2-4-6-17/h2-11H,12-13H2,1H3,(H,22,23)/t27-/m0/s1. The van der Waals surface area contributed by atoms with Crippen LogP contribution in [0.3, 0.4) is 0 Å². The fourth-order valence-electron chi connectivity index (χ4n) is 2.51. The Hall–Kier alpha value is -2.38. The van der Waals surface area contributed by atoms with Gasteiger partial charge in [-0.2, -0.15) is 0 Å². The predicted molar refractivity (Wildman–Crippen MR) is 107 cm³/mol. The van der Waals surface area contributed by atoms with Gasteiger partial charge >= 0.3 is 0 Å². The fraction of sp³-hybridized carbons (Fsp3) is 0.150. The van der Waals surface area contributed by atoms with Crippen LogP contribution in [0.4, 0.5) is 0 Å². The highest BCUT2D eigenvalue weighted by atomic mass is 79.9. The minimum absolute atomic E-state index is 0.184. The van der Waals surface area contributed by atoms with E-state index in [0.29, 0.717) is 18.1 Å². The van der Waals surface area contributed by atoms with Crippen molar-refractivity contribution in [1.29, 1.82) is 0 Å². The quantitative estimate of drug-likeness (QED) is 0.586. The number of methoxy groups -OCH3 is 1. The van der Waals surface area contributed by atoms with Gasteiger partial charge in [0.25, 0.3) is 5.91 Å². The molecule has 3 rings (SSSR count). The molecule has 0 fully saturated rings. The first kappa shape index (κ1) is 19.4. The Kier molecular flexibility index (Phi) is 6.47. The van der Waals surface area contributed by atoms with E-state index in [-0.39, 0.29) is 17.4 Å². The fourth-order valence-corrected chi connectivity index (χ4v) is 3.96. The summed E-state index contributed by atoms with van der Waals surface area (Å²) in [5.74, 6) is 1.26. The van der Waals surface area contributed by atoms with Gasteiger partial charge in [0, 0.05) is 21.5 Å². The van der Waals surface area contributed by atoms with Crippen molar-refractivity contribution in [3.63, 3.8) is 0 Å². The Labute approximate surface area is 168 Å². The number of furan rings is 1. The molecule has 0 aliphatic heterocycles. The summed E-state index contributed by atoms with van der Waals surface area (Å²) in [6, 6.07) is 18.0. The lowest BCUT2D eigenvalue weighted by Crippen LogP contribution is -2.22. The Morgan fingerprint density at radius 3 is 2.67 bits per heavy atom. The normalized spacial score (nSPS) is 11.8. The zero-order chi connectivity index (χ0) is 19.2. The summed E-state index contributed by atoms with van der Waals surface area (Å²) in [7, 11) is 0.362. The average molecular weight is 448 g/mol. The third-order valence-electron chi connectivity index (χ3n) is 3.85. The minimum Gasteiger partial charge on any atom is -0.496 e. The zero-order valence-electron chi connectivity index (χ0n) is 14.6. The molecule has 0 radical (unpaired) electrons. The molecule has 2 aromatic carbocycles. The van der Waals surface area contributed by atoms with Crippen molar-refractivity contribution in [2.75, 3.05) is 7.11 Å². The average Bonchev–Trinajstić information content (AvgIpc) is 3.15. The lowest BCUT2D eigenvalue weighted by molar-refractivity contribution is 0.0921. The van der Waals surface area contributed by atoms with E-state index in [1.165, 1.54) is 0 Å². The number of benzene rings is 2. The SMILES string of the molecule is COc1ccc(Br)cc1CNC(=O)c1ccc(C[S@](=O)c2ccccc2)o1. The van der Waals surface area contributed by atoms with Gasteiger partial charge in [-0.1, -0.05) is 34.1 Å². The first-order valence-electron chi connectivity index (χ1n) is 8.19. The van der Waals surface area contributed by atoms with E-state index in [1.54, 1.807) is 31.4 Å². The maximum absolute atomic E-state index is 12.3. The number of carbonyl (C=O) groups is 1. The molecular weight excluding hydrogens is 430 g/mol. The van der Waals surface area contributed by atoms with Crippen LogP contribution in [0.5, 0.6) is 5.75 Å². The van der Waals surface area contributed by atoms with Gasteiger partial charge in [0.1, 0.15) is 11.5 Å². The van der Waals surface area contributed by atoms with E-state index in [0.717, 1.165) is 14.9 Å². The van der Waals surface area contributed by atoms with Gasteiger partial charge in [-0.25, -0.2) is 0 Å². The Morgan fingerprint density at radius 2 is 1.93 bits per heavy atom. The molecule has 0 aliphatic carbocycles. The van der Waals surface area contributed by atoms with Crippen molar-refractivity contribution in [3.8, 4) is 5.75 Å². The number of ether oxygens (including phenoxy) is 1. The molecule has 1 atom stereocenters. The predicted octanol–water partition coefficient (Wildman–Crippen LogP) is 4.29. The van der Waals surface area contributed by atoms with Gasteiger partial charge in [0.2, 0.25) is 0 Å². The molecule has 1 aromatic heterocycles. The van der Waals surface area contributed by atoms with Crippen LogP contribution >= 0.6 is 15.9 Å². The second-order valence-corrected chi connectivity index (χ2v) is 8.07. The molecule has 1 heterocycles. The van der Waals surface area contributed by atoms with E-state index in [1.807, 2.05) is 36.4 Å². The van der Waals surface area contributed by atoms with Gasteiger partial charge in [0.15, 0.2) is 5.76 Å². The molecular formula is C20H18BrNO4S. The van der Waals surface area contributed by atoms with Crippen LogP contribution in [-0.2, 0) is 23.1 Å². The van der Waals surface area contributed by atoms with Crippen LogP contribution < -0.4 is 10.1 Å². The molecule has 1 amide bonds. The van der Waals surface area contributed by atoms with Crippen molar-refractivity contribution < 1.29 is 18.2 Å². The van der Waals surface area contributed by atoms with Crippen LogP contribution in [0.2, 0.25) is 0 Å². The molecule has 0 unspecified atom stereocenters. The van der Waals surface area contributed by atoms with E-state index in [4.69, 9.17) is 9.15 Å². The summed E-state index contributed by atoms with van der Waals surface area (Å²) in [4.78, 5) is 13.1. The molecule has 140 valence electrons. The summed E-state index contributed by atoms with van der Waals surface area (Å²) in [5.41, 5.74) is 0.845. The number of halogens is 1. The Balaban J connectivity index is 1.62. The number of rotatable bonds is 7. The highest BCUT2D eigenvalue weighted by molar-refractivity contribution is 9.10. The minimum atomic E-state index is -1.22. The number of hydrogen-bond acceptors (Lipinski definition) is 4. The van der Waals surface area contributed by atoms with Crippen LogP contribution in [0, 0.1) is 0 Å². The van der Waals surface area contributed by atoms with Gasteiger partial charge in [-0.05, 0) is 42.5 Å². The smallest absolute Gasteiger partial charge is 0.287 e. The van der Waals surface area contributed by atoms with Gasteiger partial charge < -0.3 is 14.5 Å². The van der Waals surface area contributed by atoms with Gasteiger partial charge in [-0.3, -0.25) is 9.00 Å². The summed E-state index contributed by atoms with van der Waals surface area (Å²) < 4.78 is 24.1. The van der Waals surface area contributed by atoms with Crippen molar-refractivity contribution in [2.24, 2.45) is 0 Å². The van der Waals surface area contributed by atoms with Crippen LogP contribution in [0.1, 0.15) is 21.9 Å². The van der Waals surface area contributed by atoms with E-state index >= 15 is 0 Å². The summed E-state index contributed by atoms with van der Waals surface area (Å²) in [6.07, 6.45) is 0. The highest BCUT2D eigenvalue weighted by Gasteiger charge is 2.14. The highest BCUT2D eigenvalue weighted by Crippen LogP contribution is 2.23. The first-order valence-corrected chi connectivity index (χ1v) is 10.3. The molecule has 0 saturated carbocycles. The molecule has 3 aromatic rings. The van der Waals surface area contributed by atoms with E-state index in [9.17, 15) is 9.00 Å². The molecule has 0 spiro atoms. The van der Waals surface area contributed by atoms with Gasteiger partial charge in [-0.15, -0.1) is 0 Å². The van der Waals surface area contributed by atoms with Crippen molar-refractivity contribution in [1.82, 2.24) is 5.32 Å². The topological polar surface area (TPSA) is 68.5 Å². The van der Waals surface area contributed by atoms with E-state index in [2.05, 4.69) is 21.2 Å².